The zero-order chi connectivity index (χ0) is 13.8. The number of amides is 1. The van der Waals surface area contributed by atoms with Crippen molar-refractivity contribution in [3.05, 3.63) is 56.2 Å². The van der Waals surface area contributed by atoms with Crippen molar-refractivity contribution in [2.75, 3.05) is 5.32 Å². The lowest BCUT2D eigenvalue weighted by molar-refractivity contribution is -0.115. The van der Waals surface area contributed by atoms with Gasteiger partial charge in [-0.25, -0.2) is 4.98 Å². The van der Waals surface area contributed by atoms with Crippen LogP contribution in [0.3, 0.4) is 0 Å². The van der Waals surface area contributed by atoms with Crippen molar-refractivity contribution in [2.45, 2.75) is 6.42 Å². The van der Waals surface area contributed by atoms with Crippen LogP contribution in [0, 0.1) is 0 Å². The number of benzene rings is 1. The smallest absolute Gasteiger partial charge is 0.228 e. The van der Waals surface area contributed by atoms with E-state index in [1.54, 1.807) is 6.07 Å². The number of nitrogens with zero attached hydrogens (tertiary/aromatic N) is 1. The monoisotopic (exact) mass is 402 g/mol. The van der Waals surface area contributed by atoms with Crippen molar-refractivity contribution >= 4 is 55.1 Å². The van der Waals surface area contributed by atoms with Gasteiger partial charge in [0, 0.05) is 4.47 Å². The van der Waals surface area contributed by atoms with Crippen molar-refractivity contribution in [1.29, 1.82) is 0 Å². The molecule has 98 valence electrons. The second-order valence-corrected chi connectivity index (χ2v) is 5.98. The van der Waals surface area contributed by atoms with E-state index < -0.39 is 0 Å². The number of hydrogen-bond acceptors (Lipinski definition) is 2. The molecular weight excluding hydrogens is 395 g/mol. The van der Waals surface area contributed by atoms with E-state index in [4.69, 9.17) is 11.6 Å². The average Bonchev–Trinajstić information content (AvgIpc) is 2.34. The maximum atomic E-state index is 11.9. The summed E-state index contributed by atoms with van der Waals surface area (Å²) in [4.78, 5) is 15.8. The minimum atomic E-state index is -0.103. The van der Waals surface area contributed by atoms with Crippen molar-refractivity contribution in [3.63, 3.8) is 0 Å². The fourth-order valence-electron chi connectivity index (χ4n) is 1.53. The summed E-state index contributed by atoms with van der Waals surface area (Å²) in [5.41, 5.74) is 1.55. The van der Waals surface area contributed by atoms with E-state index in [1.165, 1.54) is 6.20 Å². The molecule has 0 saturated heterocycles. The van der Waals surface area contributed by atoms with Gasteiger partial charge in [0.05, 0.1) is 22.8 Å². The van der Waals surface area contributed by atoms with E-state index in [0.717, 1.165) is 10.0 Å². The Morgan fingerprint density at radius 1 is 1.32 bits per heavy atom. The molecular formula is C13H9Br2ClN2O. The molecule has 1 amide bonds. The van der Waals surface area contributed by atoms with Crippen LogP contribution in [0.25, 0.3) is 0 Å². The van der Waals surface area contributed by atoms with Gasteiger partial charge in [-0.05, 0) is 39.7 Å². The molecule has 0 radical (unpaired) electrons. The summed E-state index contributed by atoms with van der Waals surface area (Å²) in [6, 6.07) is 9.35. The molecule has 0 saturated carbocycles. The molecule has 2 aromatic rings. The third kappa shape index (κ3) is 4.30. The van der Waals surface area contributed by atoms with Crippen LogP contribution in [-0.4, -0.2) is 10.9 Å². The summed E-state index contributed by atoms with van der Waals surface area (Å²) in [6.45, 7) is 0. The lowest BCUT2D eigenvalue weighted by Gasteiger charge is -2.06. The van der Waals surface area contributed by atoms with Gasteiger partial charge in [-0.3, -0.25) is 4.79 Å². The number of carbonyl (C=O) groups is 1. The number of carbonyl (C=O) groups excluding carboxylic acids is 1. The predicted octanol–water partition coefficient (Wildman–Crippen LogP) is 4.44. The highest BCUT2D eigenvalue weighted by Crippen LogP contribution is 2.23. The first-order valence-electron chi connectivity index (χ1n) is 5.40. The third-order valence-corrected chi connectivity index (χ3v) is 3.96. The van der Waals surface area contributed by atoms with Gasteiger partial charge in [-0.1, -0.05) is 39.7 Å². The third-order valence-electron chi connectivity index (χ3n) is 2.33. The predicted molar refractivity (Wildman–Crippen MR) is 83.4 cm³/mol. The molecule has 1 aromatic carbocycles. The van der Waals surface area contributed by atoms with Crippen molar-refractivity contribution in [3.8, 4) is 0 Å². The molecule has 0 atom stereocenters. The van der Waals surface area contributed by atoms with E-state index in [1.807, 2.05) is 24.3 Å². The Balaban J connectivity index is 2.03. The van der Waals surface area contributed by atoms with Gasteiger partial charge in [0.25, 0.3) is 0 Å². The van der Waals surface area contributed by atoms with E-state index >= 15 is 0 Å². The average molecular weight is 404 g/mol. The summed E-state index contributed by atoms with van der Waals surface area (Å²) in [6.07, 6.45) is 1.82. The Bertz CT molecular complexity index is 619. The summed E-state index contributed by atoms with van der Waals surface area (Å²) in [7, 11) is 0. The maximum Gasteiger partial charge on any atom is 0.228 e. The fourth-order valence-corrected chi connectivity index (χ4v) is 2.43. The number of rotatable bonds is 3. The molecule has 0 fully saturated rings. The Morgan fingerprint density at radius 3 is 2.79 bits per heavy atom. The quantitative estimate of drug-likeness (QED) is 0.769. The highest BCUT2D eigenvalue weighted by Gasteiger charge is 2.06. The summed E-state index contributed by atoms with van der Waals surface area (Å²) < 4.78 is 1.60. The number of halogens is 3. The van der Waals surface area contributed by atoms with Gasteiger partial charge < -0.3 is 5.32 Å². The number of aromatic nitrogens is 1. The molecule has 0 bridgehead atoms. The lowest BCUT2D eigenvalue weighted by atomic mass is 10.1. The van der Waals surface area contributed by atoms with E-state index in [2.05, 4.69) is 42.2 Å². The second-order valence-electron chi connectivity index (χ2n) is 3.85. The van der Waals surface area contributed by atoms with Gasteiger partial charge in [0.1, 0.15) is 5.15 Å². The number of nitrogens with one attached hydrogen (secondary N) is 1. The molecule has 0 spiro atoms. The zero-order valence-corrected chi connectivity index (χ0v) is 13.6. The van der Waals surface area contributed by atoms with E-state index in [-0.39, 0.29) is 5.91 Å². The number of anilines is 1. The zero-order valence-electron chi connectivity index (χ0n) is 9.66. The van der Waals surface area contributed by atoms with Gasteiger partial charge in [0.2, 0.25) is 5.91 Å². The molecule has 1 aromatic heterocycles. The van der Waals surface area contributed by atoms with Crippen LogP contribution in [0.1, 0.15) is 5.56 Å². The minimum Gasteiger partial charge on any atom is -0.324 e. The summed E-state index contributed by atoms with van der Waals surface area (Å²) in [5, 5.41) is 3.14. The fraction of sp³-hybridized carbons (Fsp3) is 0.0769. The molecule has 3 nitrogen and oxygen atoms in total. The second kappa shape index (κ2) is 6.50. The molecule has 1 N–H and O–H groups in total. The molecule has 0 aliphatic carbocycles. The topological polar surface area (TPSA) is 42.0 Å². The molecule has 19 heavy (non-hydrogen) atoms. The highest BCUT2D eigenvalue weighted by molar-refractivity contribution is 9.10. The van der Waals surface area contributed by atoms with Crippen LogP contribution in [0.15, 0.2) is 45.5 Å². The van der Waals surface area contributed by atoms with Crippen LogP contribution in [0.4, 0.5) is 5.69 Å². The van der Waals surface area contributed by atoms with Crippen molar-refractivity contribution in [1.82, 2.24) is 4.98 Å². The van der Waals surface area contributed by atoms with Crippen LogP contribution in [-0.2, 0) is 11.2 Å². The first-order chi connectivity index (χ1) is 9.04. The molecule has 0 unspecified atom stereocenters. The van der Waals surface area contributed by atoms with Crippen LogP contribution in [0.2, 0.25) is 5.15 Å². The summed E-state index contributed by atoms with van der Waals surface area (Å²) in [5.74, 6) is -0.103. The van der Waals surface area contributed by atoms with Gasteiger partial charge >= 0.3 is 0 Å². The maximum absolute atomic E-state index is 11.9. The Kier molecular flexibility index (Phi) is 4.96. The molecule has 0 aliphatic heterocycles. The van der Waals surface area contributed by atoms with Gasteiger partial charge in [-0.2, -0.15) is 0 Å². The van der Waals surface area contributed by atoms with Gasteiger partial charge in [-0.15, -0.1) is 0 Å². The van der Waals surface area contributed by atoms with Crippen molar-refractivity contribution in [2.24, 2.45) is 0 Å². The molecule has 1 heterocycles. The molecule has 0 aliphatic rings. The first-order valence-corrected chi connectivity index (χ1v) is 7.36. The normalized spacial score (nSPS) is 10.3. The summed E-state index contributed by atoms with van der Waals surface area (Å²) >= 11 is 12.4. The SMILES string of the molecule is O=C(Cc1cccc(Br)c1)Nc1cnc(Cl)c(Br)c1. The molecule has 2 rings (SSSR count). The Labute approximate surface area is 132 Å². The minimum absolute atomic E-state index is 0.103. The Hall–Kier alpha value is -0.910. The lowest BCUT2D eigenvalue weighted by Crippen LogP contribution is -2.14. The highest BCUT2D eigenvalue weighted by atomic mass is 79.9. The van der Waals surface area contributed by atoms with Crippen LogP contribution >= 0.6 is 43.5 Å². The van der Waals surface area contributed by atoms with Crippen LogP contribution in [0.5, 0.6) is 0 Å². The molecule has 6 heteroatoms. The largest absolute Gasteiger partial charge is 0.324 e. The standard InChI is InChI=1S/C13H9Br2ClN2O/c14-9-3-1-2-8(4-9)5-12(19)18-10-6-11(15)13(16)17-7-10/h1-4,6-7H,5H2,(H,18,19). The Morgan fingerprint density at radius 2 is 2.11 bits per heavy atom. The number of hydrogen-bond donors (Lipinski definition) is 1. The number of pyridine rings is 1. The van der Waals surface area contributed by atoms with Gasteiger partial charge in [0.15, 0.2) is 0 Å². The first kappa shape index (κ1) is 14.5. The van der Waals surface area contributed by atoms with Crippen molar-refractivity contribution < 1.29 is 4.79 Å². The van der Waals surface area contributed by atoms with E-state index in [9.17, 15) is 4.79 Å². The van der Waals surface area contributed by atoms with Crippen LogP contribution < -0.4 is 5.32 Å². The van der Waals surface area contributed by atoms with E-state index in [0.29, 0.717) is 21.7 Å².